The minimum Gasteiger partial charge on any atom is -0.487 e. The van der Waals surface area contributed by atoms with Crippen molar-refractivity contribution in [2.24, 2.45) is 0 Å². The second-order valence-electron chi connectivity index (χ2n) is 7.60. The highest BCUT2D eigenvalue weighted by Gasteiger charge is 2.43. The van der Waals surface area contributed by atoms with E-state index in [-0.39, 0.29) is 36.1 Å². The van der Waals surface area contributed by atoms with Crippen LogP contribution in [0.3, 0.4) is 0 Å². The smallest absolute Gasteiger partial charge is 0.248 e. The van der Waals surface area contributed by atoms with E-state index >= 15 is 0 Å². The minimum absolute atomic E-state index is 0.0189. The summed E-state index contributed by atoms with van der Waals surface area (Å²) in [5, 5.41) is 0. The van der Waals surface area contributed by atoms with E-state index in [2.05, 4.69) is 0 Å². The lowest BCUT2D eigenvalue weighted by molar-refractivity contribution is -0.135. The molecule has 0 spiro atoms. The van der Waals surface area contributed by atoms with Crippen LogP contribution in [0.2, 0.25) is 0 Å². The number of para-hydroxylation sites is 1. The molecule has 2 aromatic rings. The van der Waals surface area contributed by atoms with Gasteiger partial charge in [-0.1, -0.05) is 42.5 Å². The molecular weight excluding hydrogens is 404 g/mol. The molecule has 0 unspecified atom stereocenters. The summed E-state index contributed by atoms with van der Waals surface area (Å²) >= 11 is 0. The van der Waals surface area contributed by atoms with E-state index in [1.807, 2.05) is 30.3 Å². The molecule has 2 aliphatic rings. The van der Waals surface area contributed by atoms with Crippen LogP contribution < -0.4 is 4.74 Å². The first-order valence-electron chi connectivity index (χ1n) is 10.1. The highest BCUT2D eigenvalue weighted by molar-refractivity contribution is 7.89. The first kappa shape index (κ1) is 20.8. The zero-order valence-corrected chi connectivity index (χ0v) is 17.8. The number of sulfonamides is 1. The molecule has 0 radical (unpaired) electrons. The third-order valence-corrected chi connectivity index (χ3v) is 7.60. The molecule has 7 nitrogen and oxygen atoms in total. The van der Waals surface area contributed by atoms with Gasteiger partial charge in [-0.15, -0.1) is 0 Å². The molecule has 1 amide bonds. The molecule has 0 saturated carbocycles. The van der Waals surface area contributed by atoms with Crippen LogP contribution in [0.5, 0.6) is 5.75 Å². The number of methoxy groups -OCH3 is 1. The average Bonchev–Trinajstić information content (AvgIpc) is 2.99. The van der Waals surface area contributed by atoms with Gasteiger partial charge in [-0.3, -0.25) is 4.79 Å². The third-order valence-electron chi connectivity index (χ3n) is 5.69. The summed E-state index contributed by atoms with van der Waals surface area (Å²) < 4.78 is 40.1. The Morgan fingerprint density at radius 3 is 2.53 bits per heavy atom. The highest BCUT2D eigenvalue weighted by atomic mass is 32.2. The van der Waals surface area contributed by atoms with E-state index in [0.717, 1.165) is 5.56 Å². The summed E-state index contributed by atoms with van der Waals surface area (Å²) in [7, 11) is -2.28. The van der Waals surface area contributed by atoms with Gasteiger partial charge >= 0.3 is 0 Å². The van der Waals surface area contributed by atoms with Gasteiger partial charge in [-0.05, 0) is 24.1 Å². The van der Waals surface area contributed by atoms with Crippen LogP contribution in [-0.2, 0) is 26.1 Å². The number of fused-ring (bicyclic) bond motifs is 2. The number of carbonyl (C=O) groups is 1. The molecule has 160 valence electrons. The molecule has 0 aromatic heterocycles. The zero-order chi connectivity index (χ0) is 21.1. The molecule has 1 fully saturated rings. The van der Waals surface area contributed by atoms with Crippen LogP contribution in [-0.4, -0.2) is 62.5 Å². The van der Waals surface area contributed by atoms with Crippen LogP contribution in [0.1, 0.15) is 18.4 Å². The van der Waals surface area contributed by atoms with Gasteiger partial charge in [0.05, 0.1) is 6.04 Å². The van der Waals surface area contributed by atoms with Crippen LogP contribution in [0, 0.1) is 0 Å². The maximum atomic E-state index is 13.7. The van der Waals surface area contributed by atoms with Gasteiger partial charge in [0.15, 0.2) is 0 Å². The Bertz CT molecular complexity index is 996. The van der Waals surface area contributed by atoms with Crippen molar-refractivity contribution in [1.29, 1.82) is 0 Å². The number of hydrogen-bond donors (Lipinski definition) is 0. The van der Waals surface area contributed by atoms with Gasteiger partial charge in [0.1, 0.15) is 23.4 Å². The highest BCUT2D eigenvalue weighted by Crippen LogP contribution is 2.37. The maximum Gasteiger partial charge on any atom is 0.248 e. The van der Waals surface area contributed by atoms with Crippen molar-refractivity contribution >= 4 is 15.9 Å². The van der Waals surface area contributed by atoms with Crippen LogP contribution in [0.4, 0.5) is 0 Å². The Balaban J connectivity index is 1.72. The Morgan fingerprint density at radius 2 is 1.77 bits per heavy atom. The van der Waals surface area contributed by atoms with Gasteiger partial charge < -0.3 is 14.4 Å². The van der Waals surface area contributed by atoms with Crippen molar-refractivity contribution in [3.8, 4) is 5.75 Å². The fourth-order valence-corrected chi connectivity index (χ4v) is 5.98. The number of carbonyl (C=O) groups excluding carboxylic acids is 1. The monoisotopic (exact) mass is 430 g/mol. The molecule has 2 aromatic carbocycles. The third kappa shape index (κ3) is 4.08. The van der Waals surface area contributed by atoms with Crippen molar-refractivity contribution in [1.82, 2.24) is 9.21 Å². The van der Waals surface area contributed by atoms with Crippen LogP contribution in [0.25, 0.3) is 0 Å². The predicted molar refractivity (Wildman–Crippen MR) is 112 cm³/mol. The molecule has 4 rings (SSSR count). The van der Waals surface area contributed by atoms with Gasteiger partial charge in [0.25, 0.3) is 0 Å². The summed E-state index contributed by atoms with van der Waals surface area (Å²) in [6.07, 6.45) is 0.711. The zero-order valence-electron chi connectivity index (χ0n) is 16.9. The van der Waals surface area contributed by atoms with E-state index < -0.39 is 10.0 Å². The van der Waals surface area contributed by atoms with Crippen molar-refractivity contribution in [2.75, 3.05) is 26.8 Å². The van der Waals surface area contributed by atoms with Gasteiger partial charge in [-0.25, -0.2) is 8.42 Å². The molecule has 2 atom stereocenters. The molecule has 2 aliphatic heterocycles. The van der Waals surface area contributed by atoms with E-state index in [0.29, 0.717) is 31.7 Å². The lowest BCUT2D eigenvalue weighted by Crippen LogP contribution is -2.46. The number of hydrogen-bond acceptors (Lipinski definition) is 5. The quantitative estimate of drug-likeness (QED) is 0.744. The van der Waals surface area contributed by atoms with Crippen molar-refractivity contribution < 1.29 is 22.7 Å². The number of likely N-dealkylation sites (tertiary alicyclic amines) is 1. The Labute approximate surface area is 177 Å². The predicted octanol–water partition coefficient (Wildman–Crippen LogP) is 2.28. The number of nitrogens with zero attached hydrogens (tertiary/aromatic N) is 2. The van der Waals surface area contributed by atoms with Crippen LogP contribution >= 0.6 is 0 Å². The second-order valence-corrected chi connectivity index (χ2v) is 9.46. The first-order chi connectivity index (χ1) is 14.5. The lowest BCUT2D eigenvalue weighted by Gasteiger charge is -2.31. The molecule has 0 bridgehead atoms. The average molecular weight is 431 g/mol. The summed E-state index contributed by atoms with van der Waals surface area (Å²) in [5.74, 6) is 0.284. The topological polar surface area (TPSA) is 76.1 Å². The Hall–Kier alpha value is -2.42. The number of amides is 1. The van der Waals surface area contributed by atoms with E-state index in [1.54, 1.807) is 33.5 Å². The molecule has 8 heteroatoms. The van der Waals surface area contributed by atoms with Crippen molar-refractivity contribution in [3.05, 3.63) is 60.2 Å². The van der Waals surface area contributed by atoms with Crippen LogP contribution in [0.15, 0.2) is 59.5 Å². The summed E-state index contributed by atoms with van der Waals surface area (Å²) in [6.45, 7) is 1.24. The van der Waals surface area contributed by atoms with Gasteiger partial charge in [-0.2, -0.15) is 4.31 Å². The largest absolute Gasteiger partial charge is 0.487 e. The second kappa shape index (κ2) is 8.75. The molecule has 0 aliphatic carbocycles. The summed E-state index contributed by atoms with van der Waals surface area (Å²) in [5.41, 5.74) is 0.913. The number of benzene rings is 2. The SMILES string of the molecule is COCC(=O)N1CC[C@@H]2Oc3ccccc3S(=O)(=O)N(Cc3ccccc3)[C@H]2CC1. The van der Waals surface area contributed by atoms with Crippen molar-refractivity contribution in [2.45, 2.75) is 36.4 Å². The van der Waals surface area contributed by atoms with Crippen molar-refractivity contribution in [3.63, 3.8) is 0 Å². The fraction of sp³-hybridized carbons (Fsp3) is 0.409. The van der Waals surface area contributed by atoms with E-state index in [9.17, 15) is 13.2 Å². The Kier molecular flexibility index (Phi) is 6.08. The Morgan fingerprint density at radius 1 is 1.07 bits per heavy atom. The normalized spacial score (nSPS) is 23.4. The van der Waals surface area contributed by atoms with E-state index in [4.69, 9.17) is 9.47 Å². The number of rotatable bonds is 4. The molecule has 1 saturated heterocycles. The fourth-order valence-electron chi connectivity index (χ4n) is 4.19. The maximum absolute atomic E-state index is 13.7. The van der Waals surface area contributed by atoms with E-state index in [1.165, 1.54) is 7.11 Å². The summed E-state index contributed by atoms with van der Waals surface area (Å²) in [4.78, 5) is 14.3. The number of ether oxygens (including phenoxy) is 2. The molecular formula is C22H26N2O5S. The molecule has 30 heavy (non-hydrogen) atoms. The van der Waals surface area contributed by atoms with Gasteiger partial charge in [0.2, 0.25) is 15.9 Å². The lowest BCUT2D eigenvalue weighted by atomic mass is 10.1. The minimum atomic E-state index is -3.77. The molecule has 0 N–H and O–H groups in total. The summed E-state index contributed by atoms with van der Waals surface area (Å²) in [6, 6.07) is 16.0. The standard InChI is InChI=1S/C22H26N2O5S/c1-28-16-22(25)23-13-11-18-19(12-14-23)29-20-9-5-6-10-21(20)30(26,27)24(18)15-17-7-3-2-4-8-17/h2-10,18-19H,11-16H2,1H3/t18-,19-/m0/s1. The first-order valence-corrected chi connectivity index (χ1v) is 11.5. The molecule has 2 heterocycles. The van der Waals surface area contributed by atoms with Gasteiger partial charge in [0, 0.05) is 33.2 Å².